The molecule has 0 amide bonds. The summed E-state index contributed by atoms with van der Waals surface area (Å²) in [6, 6.07) is 3.14. The van der Waals surface area contributed by atoms with Crippen molar-refractivity contribution < 1.29 is 13.5 Å². The minimum atomic E-state index is -0.732. The van der Waals surface area contributed by atoms with Gasteiger partial charge in [-0.3, -0.25) is 0 Å². The number of halogens is 2. The monoisotopic (exact) mass is 269 g/mol. The van der Waals surface area contributed by atoms with Gasteiger partial charge in [0.05, 0.1) is 13.1 Å². The summed E-state index contributed by atoms with van der Waals surface area (Å²) >= 11 is 0. The lowest BCUT2D eigenvalue weighted by atomic mass is 10.3. The molecule has 1 aromatic rings. The zero-order valence-corrected chi connectivity index (χ0v) is 10.7. The van der Waals surface area contributed by atoms with E-state index in [0.717, 1.165) is 17.7 Å². The van der Waals surface area contributed by atoms with Crippen LogP contribution in [0.3, 0.4) is 0 Å². The Morgan fingerprint density at radius 2 is 2.21 bits per heavy atom. The maximum Gasteiger partial charge on any atom is 0.189 e. The molecular formula is C13H17F2N3O. The van der Waals surface area contributed by atoms with Crippen molar-refractivity contribution in [3.8, 4) is 5.75 Å². The molecule has 0 aromatic heterocycles. The van der Waals surface area contributed by atoms with E-state index in [1.54, 1.807) is 0 Å². The number of hydrogen-bond acceptors (Lipinski definition) is 2. The average molecular weight is 269 g/mol. The molecule has 0 aliphatic rings. The third kappa shape index (κ3) is 5.85. The van der Waals surface area contributed by atoms with Gasteiger partial charge in [0.2, 0.25) is 0 Å². The fraction of sp³-hybridized carbons (Fsp3) is 0.308. The van der Waals surface area contributed by atoms with Crippen molar-refractivity contribution in [1.29, 1.82) is 0 Å². The van der Waals surface area contributed by atoms with Crippen LogP contribution in [0.2, 0.25) is 0 Å². The highest BCUT2D eigenvalue weighted by Gasteiger charge is 2.04. The van der Waals surface area contributed by atoms with Crippen LogP contribution in [-0.4, -0.2) is 25.7 Å². The molecule has 0 unspecified atom stereocenters. The second kappa shape index (κ2) is 7.35. The summed E-state index contributed by atoms with van der Waals surface area (Å²) in [5.41, 5.74) is 6.47. The van der Waals surface area contributed by atoms with Gasteiger partial charge in [-0.2, -0.15) is 0 Å². The van der Waals surface area contributed by atoms with E-state index in [-0.39, 0.29) is 18.3 Å². The molecule has 0 aliphatic heterocycles. The van der Waals surface area contributed by atoms with Crippen LogP contribution in [0.5, 0.6) is 5.75 Å². The van der Waals surface area contributed by atoms with Crippen LogP contribution < -0.4 is 15.8 Å². The SMILES string of the molecule is C=C(C)CN=C(N)NCCOc1ccc(F)cc1F. The third-order valence-corrected chi connectivity index (χ3v) is 2.08. The summed E-state index contributed by atoms with van der Waals surface area (Å²) in [6.45, 7) is 6.54. The molecule has 1 aromatic carbocycles. The van der Waals surface area contributed by atoms with Gasteiger partial charge in [0, 0.05) is 6.07 Å². The molecule has 4 nitrogen and oxygen atoms in total. The summed E-state index contributed by atoms with van der Waals surface area (Å²) in [5.74, 6) is -1.10. The molecule has 0 heterocycles. The summed E-state index contributed by atoms with van der Waals surface area (Å²) in [5, 5.41) is 2.80. The minimum Gasteiger partial charge on any atom is -0.489 e. The Kier molecular flexibility index (Phi) is 5.78. The van der Waals surface area contributed by atoms with Gasteiger partial charge in [-0.25, -0.2) is 13.8 Å². The predicted octanol–water partition coefficient (Wildman–Crippen LogP) is 1.82. The normalized spacial score (nSPS) is 11.2. The molecule has 0 aliphatic carbocycles. The van der Waals surface area contributed by atoms with Crippen molar-refractivity contribution >= 4 is 5.96 Å². The zero-order chi connectivity index (χ0) is 14.3. The first-order valence-corrected chi connectivity index (χ1v) is 5.75. The third-order valence-electron chi connectivity index (χ3n) is 2.08. The zero-order valence-electron chi connectivity index (χ0n) is 10.7. The van der Waals surface area contributed by atoms with Crippen molar-refractivity contribution in [2.24, 2.45) is 10.7 Å². The Morgan fingerprint density at radius 1 is 1.47 bits per heavy atom. The van der Waals surface area contributed by atoms with E-state index in [1.807, 2.05) is 6.92 Å². The fourth-order valence-corrected chi connectivity index (χ4v) is 1.21. The van der Waals surface area contributed by atoms with Crippen LogP contribution in [0.1, 0.15) is 6.92 Å². The Labute approximate surface area is 111 Å². The van der Waals surface area contributed by atoms with Gasteiger partial charge in [0.1, 0.15) is 12.4 Å². The minimum absolute atomic E-state index is 0.000598. The predicted molar refractivity (Wildman–Crippen MR) is 71.2 cm³/mol. The number of rotatable bonds is 6. The molecule has 1 rings (SSSR count). The highest BCUT2D eigenvalue weighted by molar-refractivity contribution is 5.77. The molecule has 6 heteroatoms. The summed E-state index contributed by atoms with van der Waals surface area (Å²) in [7, 11) is 0. The van der Waals surface area contributed by atoms with Crippen molar-refractivity contribution in [1.82, 2.24) is 5.32 Å². The number of benzene rings is 1. The molecule has 0 saturated carbocycles. The molecule has 0 radical (unpaired) electrons. The smallest absolute Gasteiger partial charge is 0.189 e. The summed E-state index contributed by atoms with van der Waals surface area (Å²) in [4.78, 5) is 4.00. The topological polar surface area (TPSA) is 59.6 Å². The molecule has 0 spiro atoms. The lowest BCUT2D eigenvalue weighted by Gasteiger charge is -2.08. The van der Waals surface area contributed by atoms with Crippen LogP contribution >= 0.6 is 0 Å². The number of nitrogens with zero attached hydrogens (tertiary/aromatic N) is 1. The lowest BCUT2D eigenvalue weighted by molar-refractivity contribution is 0.305. The Hall–Kier alpha value is -2.11. The van der Waals surface area contributed by atoms with E-state index in [1.165, 1.54) is 6.07 Å². The van der Waals surface area contributed by atoms with Gasteiger partial charge >= 0.3 is 0 Å². The quantitative estimate of drug-likeness (QED) is 0.358. The number of hydrogen-bond donors (Lipinski definition) is 2. The van der Waals surface area contributed by atoms with Crippen molar-refractivity contribution in [3.63, 3.8) is 0 Å². The fourth-order valence-electron chi connectivity index (χ4n) is 1.21. The van der Waals surface area contributed by atoms with Gasteiger partial charge in [0.25, 0.3) is 0 Å². The second-order valence-corrected chi connectivity index (χ2v) is 4.01. The van der Waals surface area contributed by atoms with Crippen molar-refractivity contribution in [3.05, 3.63) is 42.0 Å². The van der Waals surface area contributed by atoms with Gasteiger partial charge in [0.15, 0.2) is 17.5 Å². The van der Waals surface area contributed by atoms with E-state index >= 15 is 0 Å². The molecule has 0 saturated heterocycles. The number of nitrogens with two attached hydrogens (primary N) is 1. The molecule has 0 bridgehead atoms. The van der Waals surface area contributed by atoms with Gasteiger partial charge in [-0.1, -0.05) is 12.2 Å². The molecule has 19 heavy (non-hydrogen) atoms. The highest BCUT2D eigenvalue weighted by Crippen LogP contribution is 2.17. The van der Waals surface area contributed by atoms with Gasteiger partial charge < -0.3 is 15.8 Å². The Bertz CT molecular complexity index is 475. The van der Waals surface area contributed by atoms with E-state index in [4.69, 9.17) is 10.5 Å². The van der Waals surface area contributed by atoms with E-state index in [2.05, 4.69) is 16.9 Å². The van der Waals surface area contributed by atoms with Gasteiger partial charge in [-0.15, -0.1) is 0 Å². The van der Waals surface area contributed by atoms with Crippen LogP contribution in [0, 0.1) is 11.6 Å². The van der Waals surface area contributed by atoms with Crippen LogP contribution in [-0.2, 0) is 0 Å². The van der Waals surface area contributed by atoms with E-state index < -0.39 is 11.6 Å². The molecule has 3 N–H and O–H groups in total. The van der Waals surface area contributed by atoms with Gasteiger partial charge in [-0.05, 0) is 19.1 Å². The molecule has 104 valence electrons. The molecule has 0 fully saturated rings. The van der Waals surface area contributed by atoms with Crippen LogP contribution in [0.15, 0.2) is 35.3 Å². The number of ether oxygens (including phenoxy) is 1. The molecule has 0 atom stereocenters. The Balaban J connectivity index is 2.31. The summed E-state index contributed by atoms with van der Waals surface area (Å²) in [6.07, 6.45) is 0. The van der Waals surface area contributed by atoms with E-state index in [0.29, 0.717) is 13.1 Å². The standard InChI is InChI=1S/C13H17F2N3O/c1-9(2)8-18-13(16)17-5-6-19-12-4-3-10(14)7-11(12)15/h3-4,7H,1,5-6,8H2,2H3,(H3,16,17,18). The Morgan fingerprint density at radius 3 is 2.84 bits per heavy atom. The van der Waals surface area contributed by atoms with Crippen molar-refractivity contribution in [2.45, 2.75) is 6.92 Å². The van der Waals surface area contributed by atoms with Crippen LogP contribution in [0.25, 0.3) is 0 Å². The lowest BCUT2D eigenvalue weighted by Crippen LogP contribution is -2.34. The maximum atomic E-state index is 13.2. The first-order valence-electron chi connectivity index (χ1n) is 5.75. The summed E-state index contributed by atoms with van der Waals surface area (Å²) < 4.78 is 31.0. The van der Waals surface area contributed by atoms with E-state index in [9.17, 15) is 8.78 Å². The largest absolute Gasteiger partial charge is 0.489 e. The maximum absolute atomic E-state index is 13.2. The first-order chi connectivity index (χ1) is 8.99. The highest BCUT2D eigenvalue weighted by atomic mass is 19.1. The second-order valence-electron chi connectivity index (χ2n) is 4.01. The number of aliphatic imine (C=N–C) groups is 1. The number of guanidine groups is 1. The van der Waals surface area contributed by atoms with Crippen molar-refractivity contribution in [2.75, 3.05) is 19.7 Å². The average Bonchev–Trinajstić information content (AvgIpc) is 2.34. The number of nitrogens with one attached hydrogen (secondary N) is 1. The van der Waals surface area contributed by atoms with Crippen LogP contribution in [0.4, 0.5) is 8.78 Å². The molecular weight excluding hydrogens is 252 g/mol. The first kappa shape index (κ1) is 14.9.